The fraction of sp³-hybridized carbons (Fsp3) is 0.484. The minimum absolute atomic E-state index is 0.0103. The number of phenolic OH excluding ortho intramolecular Hbond substituents is 1. The monoisotopic (exact) mass is 1300 g/mol. The number of H-pyrrole nitrogens is 1. The first kappa shape index (κ1) is 73.9. The number of aromatic nitrogens is 1. The molecule has 0 unspecified atom stereocenters. The summed E-state index contributed by atoms with van der Waals surface area (Å²) in [5, 5.41) is 53.1. The van der Waals surface area contributed by atoms with Crippen LogP contribution in [-0.4, -0.2) is 183 Å². The lowest BCUT2D eigenvalue weighted by Crippen LogP contribution is -2.62. The molecule has 93 heavy (non-hydrogen) atoms. The zero-order valence-electron chi connectivity index (χ0n) is 52.6. The molecule has 4 aromatic rings. The van der Waals surface area contributed by atoms with Gasteiger partial charge in [-0.1, -0.05) is 80.9 Å². The maximum atomic E-state index is 14.3. The maximum absolute atomic E-state index is 14.3. The Bertz CT molecular complexity index is 3240. The molecule has 0 spiro atoms. The third-order valence-corrected chi connectivity index (χ3v) is 15.2. The number of primary amides is 2. The van der Waals surface area contributed by atoms with Crippen molar-refractivity contribution in [3.8, 4) is 5.75 Å². The van der Waals surface area contributed by atoms with Gasteiger partial charge in [0.15, 0.2) is 5.96 Å². The summed E-state index contributed by atoms with van der Waals surface area (Å²) in [7, 11) is 1.48. The number of nitrogens with two attached hydrogens (primary N) is 4. The number of aliphatic hydroxyl groups excluding tert-OH is 2. The Labute approximate surface area is 537 Å². The van der Waals surface area contributed by atoms with E-state index in [1.165, 1.54) is 19.2 Å². The number of carbonyl (C=O) groups excluding carboxylic acids is 11. The number of benzene rings is 3. The van der Waals surface area contributed by atoms with Crippen molar-refractivity contribution in [1.82, 2.24) is 63.3 Å². The summed E-state index contributed by atoms with van der Waals surface area (Å²) in [6, 6.07) is 8.45. The van der Waals surface area contributed by atoms with Crippen LogP contribution in [0.4, 0.5) is 4.79 Å². The van der Waals surface area contributed by atoms with E-state index in [9.17, 15) is 68.1 Å². The van der Waals surface area contributed by atoms with Gasteiger partial charge in [0, 0.05) is 69.3 Å². The van der Waals surface area contributed by atoms with E-state index in [2.05, 4.69) is 63.4 Å². The highest BCUT2D eigenvalue weighted by Gasteiger charge is 2.43. The second-order valence-corrected chi connectivity index (χ2v) is 23.2. The molecule has 1 aliphatic heterocycles. The van der Waals surface area contributed by atoms with Gasteiger partial charge >= 0.3 is 6.03 Å². The van der Waals surface area contributed by atoms with Crippen LogP contribution >= 0.6 is 0 Å². The maximum Gasteiger partial charge on any atom is 0.334 e. The average molecular weight is 1300 g/mol. The lowest BCUT2D eigenvalue weighted by atomic mass is 10.0. The average Bonchev–Trinajstić information content (AvgIpc) is 1.75. The van der Waals surface area contributed by atoms with Crippen molar-refractivity contribution in [3.63, 3.8) is 0 Å². The molecule has 1 aromatic heterocycles. The van der Waals surface area contributed by atoms with Crippen LogP contribution in [-0.2, 0) is 67.2 Å². The first-order valence-corrected chi connectivity index (χ1v) is 30.7. The summed E-state index contributed by atoms with van der Waals surface area (Å²) in [6.07, 6.45) is -0.642. The van der Waals surface area contributed by atoms with Crippen LogP contribution in [0.1, 0.15) is 95.2 Å². The lowest BCUT2D eigenvalue weighted by molar-refractivity contribution is -0.142. The van der Waals surface area contributed by atoms with E-state index >= 15 is 0 Å². The number of rotatable bonds is 35. The molecule has 12 amide bonds. The molecule has 0 radical (unpaired) electrons. The molecule has 0 saturated carbocycles. The number of amides is 12. The predicted molar refractivity (Wildman–Crippen MR) is 342 cm³/mol. The molecule has 1 saturated heterocycles. The smallest absolute Gasteiger partial charge is 0.334 e. The third-order valence-electron chi connectivity index (χ3n) is 15.2. The summed E-state index contributed by atoms with van der Waals surface area (Å²) < 4.78 is 0. The minimum Gasteiger partial charge on any atom is -0.508 e. The Morgan fingerprint density at radius 3 is 1.95 bits per heavy atom. The number of aromatic hydroxyl groups is 1. The summed E-state index contributed by atoms with van der Waals surface area (Å²) in [4.78, 5) is 159. The number of fused-ring (bicyclic) bond motifs is 1. The molecule has 31 heteroatoms. The van der Waals surface area contributed by atoms with Crippen molar-refractivity contribution in [2.75, 3.05) is 26.7 Å². The number of urea groups is 1. The van der Waals surface area contributed by atoms with E-state index in [0.717, 1.165) is 22.7 Å². The van der Waals surface area contributed by atoms with Crippen LogP contribution in [0.15, 0.2) is 90.1 Å². The van der Waals surface area contributed by atoms with Gasteiger partial charge in [-0.3, -0.25) is 58.4 Å². The molecule has 0 aliphatic carbocycles. The number of hydrogen-bond donors (Lipinski definition) is 18. The van der Waals surface area contributed by atoms with E-state index in [1.807, 2.05) is 24.3 Å². The largest absolute Gasteiger partial charge is 0.508 e. The van der Waals surface area contributed by atoms with Crippen molar-refractivity contribution < 1.29 is 68.1 Å². The quantitative estimate of drug-likeness (QED) is 0.00950. The second kappa shape index (κ2) is 36.8. The molecular weight excluding hydrogens is 1210 g/mol. The van der Waals surface area contributed by atoms with Crippen LogP contribution in [0.3, 0.4) is 0 Å². The number of aliphatic hydroxyl groups is 2. The van der Waals surface area contributed by atoms with Gasteiger partial charge in [-0.2, -0.15) is 0 Å². The number of β-amino-alcohol motifs (C(OH)–C–C–N with tert-alkyl or cyclic N) is 1. The zero-order valence-corrected chi connectivity index (χ0v) is 52.6. The molecule has 31 nitrogen and oxygen atoms in total. The molecule has 0 bridgehead atoms. The topological polar surface area (TPSA) is 504 Å². The van der Waals surface area contributed by atoms with Crippen LogP contribution < -0.4 is 76.3 Å². The lowest BCUT2D eigenvalue weighted by Gasteiger charge is -2.30. The van der Waals surface area contributed by atoms with Crippen molar-refractivity contribution in [2.45, 2.75) is 158 Å². The number of guanidine groups is 1. The van der Waals surface area contributed by atoms with Crippen molar-refractivity contribution in [1.29, 1.82) is 0 Å². The van der Waals surface area contributed by atoms with Gasteiger partial charge in [0.1, 0.15) is 54.1 Å². The van der Waals surface area contributed by atoms with Gasteiger partial charge in [0.2, 0.25) is 53.2 Å². The first-order chi connectivity index (χ1) is 44.3. The van der Waals surface area contributed by atoms with E-state index in [-0.39, 0.29) is 82.1 Å². The van der Waals surface area contributed by atoms with Gasteiger partial charge < -0.3 is 90.7 Å². The summed E-state index contributed by atoms with van der Waals surface area (Å²) in [6.45, 7) is 4.95. The Morgan fingerprint density at radius 2 is 1.29 bits per heavy atom. The van der Waals surface area contributed by atoms with Gasteiger partial charge in [0.05, 0.1) is 18.6 Å². The number of hydrazine groups is 1. The summed E-state index contributed by atoms with van der Waals surface area (Å²) >= 11 is 0. The molecule has 2 heterocycles. The van der Waals surface area contributed by atoms with E-state index in [1.54, 1.807) is 62.5 Å². The summed E-state index contributed by atoms with van der Waals surface area (Å²) in [5.74, 6) is -9.35. The first-order valence-electron chi connectivity index (χ1n) is 30.7. The molecule has 506 valence electrons. The number of nitrogens with zero attached hydrogens (tertiary/aromatic N) is 2. The van der Waals surface area contributed by atoms with Gasteiger partial charge in [-0.05, 0) is 86.4 Å². The molecule has 1 aliphatic rings. The molecular formula is C62H89N17O14. The van der Waals surface area contributed by atoms with Gasteiger partial charge in [0.25, 0.3) is 5.91 Å². The van der Waals surface area contributed by atoms with Crippen molar-refractivity contribution >= 4 is 82.0 Å². The van der Waals surface area contributed by atoms with Crippen LogP contribution in [0.25, 0.3) is 10.9 Å². The Kier molecular flexibility index (Phi) is 29.3. The second-order valence-electron chi connectivity index (χ2n) is 23.2. The number of carbonyl (C=O) groups is 11. The number of likely N-dealkylation sites (tertiary alicyclic amines) is 1. The predicted octanol–water partition coefficient (Wildman–Crippen LogP) is -2.91. The Balaban J connectivity index is 1.28. The molecule has 3 aromatic carbocycles. The number of nitrogens with one attached hydrogen (secondary N) is 11. The summed E-state index contributed by atoms with van der Waals surface area (Å²) in [5.41, 5.74) is 29.6. The van der Waals surface area contributed by atoms with Crippen LogP contribution in [0.2, 0.25) is 0 Å². The highest BCUT2D eigenvalue weighted by atomic mass is 16.3. The minimum atomic E-state index is -1.90. The normalized spacial score (nSPS) is 16.4. The van der Waals surface area contributed by atoms with Gasteiger partial charge in [-0.15, -0.1) is 0 Å². The number of aliphatic imine (C=N–C) groups is 1. The highest BCUT2D eigenvalue weighted by Crippen LogP contribution is 2.23. The number of aromatic amines is 1. The van der Waals surface area contributed by atoms with Crippen molar-refractivity contribution in [2.24, 2.45) is 33.8 Å². The molecule has 1 fully saturated rings. The Hall–Kier alpha value is -9.88. The number of hydrogen-bond acceptors (Lipinski definition) is 16. The van der Waals surface area contributed by atoms with Crippen LogP contribution in [0.5, 0.6) is 5.75 Å². The fourth-order valence-electron chi connectivity index (χ4n) is 10.4. The van der Waals surface area contributed by atoms with E-state index < -0.39 is 132 Å². The highest BCUT2D eigenvalue weighted by molar-refractivity contribution is 5.99. The third kappa shape index (κ3) is 24.0. The molecule has 5 rings (SSSR count). The standard InChI is InChI=1S/C62H89N17O14/c1-34(2)26-45(55(87)71-43(18-13-25-68-61(66)67-4)54(86)72-44(53(65)85)29-38-32-69-42-17-11-10-16-41(38)42)75-62(93)78-77-57(89)46(27-36-14-7-5-8-15-36)74-59(91)52(35(3)80)76-56(88)47(31-50(64)83)73-58(90)49-30-40(82)33-79(49)60(92)48(28-37-20-22-39(81)23-21-37)70-51(84)19-9-6-12-24-63/h5,7-8,10-11,14-17,20-23,32,34-35,40,43-49,52,69,80-82H,6,9,12-13,18-19,24-31,33,63H2,1-4H3,(H2,64,83)(H2,65,85)(H,70,84)(H,71,87)(H,72,86)(H,73,90)(H,74,91)(H,76,88)(H,77,89)(H3,66,67,68)(H2,75,78,93)/t35-,40-,43+,44+,45+,46+,47+,48-,49+,52+/m1/s1. The number of para-hydroxylation sites is 1. The van der Waals surface area contributed by atoms with Gasteiger partial charge in [-0.25, -0.2) is 10.2 Å². The Morgan fingerprint density at radius 1 is 0.656 bits per heavy atom. The SMILES string of the molecule is CN=C(N)NCCC[C@H](NC(=O)[C@H](CC(C)C)NC(=O)NNC(=O)[C@H](Cc1ccccc1)NC(=O)[C@@H](NC(=O)[C@H](CC(N)=O)NC(=O)[C@@H]1C[C@@H](O)CN1C(=O)[C@@H](Cc1ccc(O)cc1)NC(=O)CCCCCN)[C@@H](C)O)C(=O)N[C@@H](Cc1c[nH]c2ccccc12)C(N)=O. The molecule has 22 N–H and O–H groups in total. The molecule has 10 atom stereocenters. The van der Waals surface area contributed by atoms with E-state index in [4.69, 9.17) is 22.9 Å². The number of unbranched alkanes of at least 4 members (excludes halogenated alkanes) is 2. The number of phenols is 1. The van der Waals surface area contributed by atoms with Crippen molar-refractivity contribution in [3.05, 3.63) is 102 Å². The zero-order chi connectivity index (χ0) is 68.3. The van der Waals surface area contributed by atoms with Crippen LogP contribution in [0, 0.1) is 5.92 Å². The fourth-order valence-corrected chi connectivity index (χ4v) is 10.4. The van der Waals surface area contributed by atoms with E-state index in [0.29, 0.717) is 42.5 Å².